The number of anilines is 1. The Kier molecular flexibility index (Phi) is 7.66. The molecule has 1 amide bonds. The molecule has 0 radical (unpaired) electrons. The number of carbonyl (C=O) groups excluding carboxylic acids is 1. The van der Waals surface area contributed by atoms with Gasteiger partial charge in [0.1, 0.15) is 12.3 Å². The van der Waals surface area contributed by atoms with Crippen LogP contribution in [-0.2, 0) is 21.4 Å². The number of sulfonamides is 1. The van der Waals surface area contributed by atoms with Crippen molar-refractivity contribution in [1.82, 2.24) is 4.90 Å². The van der Waals surface area contributed by atoms with Crippen molar-refractivity contribution >= 4 is 33.2 Å². The second-order valence-corrected chi connectivity index (χ2v) is 10.2. The first kappa shape index (κ1) is 24.6. The Bertz CT molecular complexity index is 1230. The van der Waals surface area contributed by atoms with Crippen molar-refractivity contribution < 1.29 is 17.9 Å². The van der Waals surface area contributed by atoms with Gasteiger partial charge in [-0.3, -0.25) is 9.10 Å². The summed E-state index contributed by atoms with van der Waals surface area (Å²) in [6.45, 7) is 3.81. The first-order valence-electron chi connectivity index (χ1n) is 10.3. The van der Waals surface area contributed by atoms with Crippen molar-refractivity contribution in [1.29, 1.82) is 0 Å². The lowest BCUT2D eigenvalue weighted by molar-refractivity contribution is -0.128. The van der Waals surface area contributed by atoms with E-state index in [1.165, 1.54) is 30.2 Å². The molecule has 174 valence electrons. The molecule has 33 heavy (non-hydrogen) atoms. The van der Waals surface area contributed by atoms with Crippen LogP contribution in [0.5, 0.6) is 5.75 Å². The maximum Gasteiger partial charge on any atom is 0.264 e. The van der Waals surface area contributed by atoms with Gasteiger partial charge in [-0.05, 0) is 49.7 Å². The molecule has 0 fully saturated rings. The van der Waals surface area contributed by atoms with Gasteiger partial charge in [-0.2, -0.15) is 0 Å². The van der Waals surface area contributed by atoms with Crippen LogP contribution in [0.4, 0.5) is 5.69 Å². The molecule has 0 atom stereocenters. The summed E-state index contributed by atoms with van der Waals surface area (Å²) in [6.07, 6.45) is 0. The van der Waals surface area contributed by atoms with Crippen LogP contribution in [0.1, 0.15) is 16.7 Å². The molecule has 0 N–H and O–H groups in total. The molecule has 6 nitrogen and oxygen atoms in total. The van der Waals surface area contributed by atoms with Gasteiger partial charge in [0.2, 0.25) is 5.91 Å². The third kappa shape index (κ3) is 5.86. The second kappa shape index (κ2) is 10.3. The van der Waals surface area contributed by atoms with E-state index in [0.29, 0.717) is 17.3 Å². The van der Waals surface area contributed by atoms with Gasteiger partial charge < -0.3 is 9.64 Å². The van der Waals surface area contributed by atoms with Crippen molar-refractivity contribution in [2.45, 2.75) is 25.3 Å². The van der Waals surface area contributed by atoms with Gasteiger partial charge >= 0.3 is 0 Å². The van der Waals surface area contributed by atoms with E-state index < -0.39 is 16.6 Å². The van der Waals surface area contributed by atoms with Crippen molar-refractivity contribution in [3.63, 3.8) is 0 Å². The van der Waals surface area contributed by atoms with E-state index in [-0.39, 0.29) is 16.5 Å². The number of hydrogen-bond donors (Lipinski definition) is 0. The summed E-state index contributed by atoms with van der Waals surface area (Å²) in [5.41, 5.74) is 3.19. The number of likely N-dealkylation sites (N-methyl/N-ethyl adjacent to an activating group) is 1. The van der Waals surface area contributed by atoms with Crippen LogP contribution >= 0.6 is 11.6 Å². The number of nitrogens with zero attached hydrogens (tertiary/aromatic N) is 2. The highest BCUT2D eigenvalue weighted by atomic mass is 35.5. The zero-order valence-corrected chi connectivity index (χ0v) is 20.7. The first-order valence-corrected chi connectivity index (χ1v) is 12.2. The molecule has 3 rings (SSSR count). The van der Waals surface area contributed by atoms with E-state index in [1.807, 2.05) is 38.1 Å². The SMILES string of the molecule is COc1ccc(Cl)cc1N(CC(=O)N(C)Cc1ccc(C)cc1)S(=O)(=O)c1ccc(C)cc1. The largest absolute Gasteiger partial charge is 0.495 e. The maximum atomic E-state index is 13.6. The Morgan fingerprint density at radius 1 is 0.939 bits per heavy atom. The predicted octanol–water partition coefficient (Wildman–Crippen LogP) is 4.82. The van der Waals surface area contributed by atoms with Crippen molar-refractivity contribution in [3.8, 4) is 5.75 Å². The molecule has 0 aromatic heterocycles. The van der Waals surface area contributed by atoms with Crippen LogP contribution in [0, 0.1) is 13.8 Å². The highest BCUT2D eigenvalue weighted by molar-refractivity contribution is 7.92. The van der Waals surface area contributed by atoms with Gasteiger partial charge in [-0.1, -0.05) is 59.1 Å². The summed E-state index contributed by atoms with van der Waals surface area (Å²) in [5, 5.41) is 0.329. The number of rotatable bonds is 8. The molecule has 0 heterocycles. The fraction of sp³-hybridized carbons (Fsp3) is 0.240. The lowest BCUT2D eigenvalue weighted by Gasteiger charge is -2.28. The Hall–Kier alpha value is -3.03. The normalized spacial score (nSPS) is 11.2. The number of benzene rings is 3. The van der Waals surface area contributed by atoms with Gasteiger partial charge in [-0.15, -0.1) is 0 Å². The number of ether oxygens (including phenoxy) is 1. The molecule has 0 saturated heterocycles. The summed E-state index contributed by atoms with van der Waals surface area (Å²) in [5.74, 6) is -0.0719. The fourth-order valence-electron chi connectivity index (χ4n) is 3.29. The van der Waals surface area contributed by atoms with E-state index in [1.54, 1.807) is 31.3 Å². The molecule has 8 heteroatoms. The van der Waals surface area contributed by atoms with E-state index in [4.69, 9.17) is 16.3 Å². The Labute approximate surface area is 200 Å². The minimum Gasteiger partial charge on any atom is -0.495 e. The van der Waals surface area contributed by atoms with Crippen LogP contribution in [0.3, 0.4) is 0 Å². The maximum absolute atomic E-state index is 13.6. The lowest BCUT2D eigenvalue weighted by Crippen LogP contribution is -2.41. The number of halogens is 1. The standard InChI is InChI=1S/C25H27ClN2O4S/c1-18-5-9-20(10-6-18)16-27(3)25(29)17-28(23-15-21(26)11-14-24(23)32-4)33(30,31)22-12-7-19(2)8-13-22/h5-15H,16-17H2,1-4H3. The molecule has 0 aliphatic rings. The van der Waals surface area contributed by atoms with Crippen molar-refractivity contribution in [2.24, 2.45) is 0 Å². The number of methoxy groups -OCH3 is 1. The lowest BCUT2D eigenvalue weighted by atomic mass is 10.1. The molecule has 0 aliphatic carbocycles. The highest BCUT2D eigenvalue weighted by Gasteiger charge is 2.30. The molecule has 0 spiro atoms. The quantitative estimate of drug-likeness (QED) is 0.458. The summed E-state index contributed by atoms with van der Waals surface area (Å²) in [4.78, 5) is 14.7. The van der Waals surface area contributed by atoms with E-state index in [0.717, 1.165) is 21.0 Å². The Morgan fingerprint density at radius 2 is 1.52 bits per heavy atom. The minimum absolute atomic E-state index is 0.0733. The predicted molar refractivity (Wildman–Crippen MR) is 131 cm³/mol. The number of carbonyl (C=O) groups is 1. The summed E-state index contributed by atoms with van der Waals surface area (Å²) in [7, 11) is -0.994. The van der Waals surface area contributed by atoms with E-state index >= 15 is 0 Å². The summed E-state index contributed by atoms with van der Waals surface area (Å²) >= 11 is 6.18. The molecule has 0 aliphatic heterocycles. The molecule has 3 aromatic carbocycles. The van der Waals surface area contributed by atoms with Crippen LogP contribution in [-0.4, -0.2) is 39.9 Å². The van der Waals surface area contributed by atoms with Crippen LogP contribution in [0.2, 0.25) is 5.02 Å². The fourth-order valence-corrected chi connectivity index (χ4v) is 4.88. The van der Waals surface area contributed by atoms with Gasteiger partial charge in [0.15, 0.2) is 0 Å². The van der Waals surface area contributed by atoms with Crippen LogP contribution in [0.15, 0.2) is 71.6 Å². The van der Waals surface area contributed by atoms with Gasteiger partial charge in [0.05, 0.1) is 17.7 Å². The van der Waals surface area contributed by atoms with Gasteiger partial charge in [0, 0.05) is 18.6 Å². The topological polar surface area (TPSA) is 66.9 Å². The third-order valence-corrected chi connectivity index (χ3v) is 7.27. The summed E-state index contributed by atoms with van der Waals surface area (Å²) < 4.78 is 33.7. The second-order valence-electron chi connectivity index (χ2n) is 7.88. The zero-order chi connectivity index (χ0) is 24.2. The van der Waals surface area contributed by atoms with Gasteiger partial charge in [-0.25, -0.2) is 8.42 Å². The monoisotopic (exact) mass is 486 g/mol. The molecule has 0 unspecified atom stereocenters. The third-order valence-electron chi connectivity index (χ3n) is 5.26. The Morgan fingerprint density at radius 3 is 2.09 bits per heavy atom. The first-order chi connectivity index (χ1) is 15.6. The zero-order valence-electron chi connectivity index (χ0n) is 19.1. The molecular weight excluding hydrogens is 460 g/mol. The highest BCUT2D eigenvalue weighted by Crippen LogP contribution is 2.35. The average Bonchev–Trinajstić information content (AvgIpc) is 2.79. The minimum atomic E-state index is -4.08. The van der Waals surface area contributed by atoms with Crippen molar-refractivity contribution in [3.05, 3.63) is 88.4 Å². The average molecular weight is 487 g/mol. The van der Waals surface area contributed by atoms with E-state index in [9.17, 15) is 13.2 Å². The van der Waals surface area contributed by atoms with Gasteiger partial charge in [0.25, 0.3) is 10.0 Å². The molecule has 0 saturated carbocycles. The number of hydrogen-bond acceptors (Lipinski definition) is 4. The van der Waals surface area contributed by atoms with Crippen LogP contribution < -0.4 is 9.04 Å². The molecular formula is C25H27ClN2O4S. The summed E-state index contributed by atoms with van der Waals surface area (Å²) in [6, 6.07) is 19.0. The van der Waals surface area contributed by atoms with E-state index in [2.05, 4.69) is 0 Å². The molecule has 0 bridgehead atoms. The van der Waals surface area contributed by atoms with Crippen LogP contribution in [0.25, 0.3) is 0 Å². The molecule has 3 aromatic rings. The number of aryl methyl sites for hydroxylation is 2. The number of amides is 1. The Balaban J connectivity index is 1.98. The van der Waals surface area contributed by atoms with Crippen molar-refractivity contribution in [2.75, 3.05) is 25.0 Å². The smallest absolute Gasteiger partial charge is 0.264 e.